The third kappa shape index (κ3) is 3.20. The van der Waals surface area contributed by atoms with Gasteiger partial charge in [-0.2, -0.15) is 0 Å². The molecule has 94 valence electrons. The highest BCUT2D eigenvalue weighted by Crippen LogP contribution is 2.29. The number of benzene rings is 1. The van der Waals surface area contributed by atoms with Crippen molar-refractivity contribution in [1.82, 2.24) is 4.90 Å². The molecule has 0 atom stereocenters. The first kappa shape index (κ1) is 12.4. The van der Waals surface area contributed by atoms with Crippen LogP contribution in [-0.2, 0) is 6.54 Å². The summed E-state index contributed by atoms with van der Waals surface area (Å²) in [6, 6.07) is 9.19. The molecule has 1 saturated carbocycles. The number of aliphatic hydroxyl groups is 1. The Morgan fingerprint density at radius 1 is 1.24 bits per heavy atom. The van der Waals surface area contributed by atoms with Crippen molar-refractivity contribution in [3.05, 3.63) is 29.8 Å². The average Bonchev–Trinajstić information content (AvgIpc) is 3.13. The van der Waals surface area contributed by atoms with Gasteiger partial charge in [-0.1, -0.05) is 18.2 Å². The molecule has 0 saturated heterocycles. The molecule has 1 aliphatic carbocycles. The molecule has 3 heteroatoms. The van der Waals surface area contributed by atoms with Crippen LogP contribution in [0.2, 0.25) is 0 Å². The Kier molecular flexibility index (Phi) is 4.02. The number of hydrogen-bond acceptors (Lipinski definition) is 3. The molecule has 0 unspecified atom stereocenters. The van der Waals surface area contributed by atoms with E-state index in [9.17, 15) is 0 Å². The lowest BCUT2D eigenvalue weighted by Gasteiger charge is -2.24. The summed E-state index contributed by atoms with van der Waals surface area (Å²) in [6.07, 6.45) is 2.56. The van der Waals surface area contributed by atoms with Crippen molar-refractivity contribution in [2.75, 3.05) is 32.1 Å². The average molecular weight is 234 g/mol. The molecule has 1 N–H and O–H groups in total. The number of anilines is 1. The maximum absolute atomic E-state index is 9.12. The quantitative estimate of drug-likeness (QED) is 0.811. The highest BCUT2D eigenvalue weighted by molar-refractivity contribution is 5.52. The SMILES string of the molecule is CN(C)c1ccccc1CN(CCO)C1CC1. The normalized spacial score (nSPS) is 15.3. The third-order valence-electron chi connectivity index (χ3n) is 3.30. The number of hydrogen-bond donors (Lipinski definition) is 1. The standard InChI is InChI=1S/C14H22N2O/c1-15(2)14-6-4-3-5-12(14)11-16(9-10-17)13-7-8-13/h3-6,13,17H,7-11H2,1-2H3. The van der Waals surface area contributed by atoms with E-state index >= 15 is 0 Å². The molecule has 0 spiro atoms. The number of rotatable bonds is 6. The lowest BCUT2D eigenvalue weighted by molar-refractivity contribution is 0.183. The Labute approximate surface area is 104 Å². The zero-order valence-corrected chi connectivity index (χ0v) is 10.8. The van der Waals surface area contributed by atoms with E-state index in [1.54, 1.807) is 0 Å². The molecule has 1 fully saturated rings. The predicted molar refractivity (Wildman–Crippen MR) is 71.3 cm³/mol. The second-order valence-electron chi connectivity index (χ2n) is 4.95. The molecule has 17 heavy (non-hydrogen) atoms. The van der Waals surface area contributed by atoms with Crippen molar-refractivity contribution in [3.63, 3.8) is 0 Å². The van der Waals surface area contributed by atoms with Gasteiger partial charge in [0.15, 0.2) is 0 Å². The van der Waals surface area contributed by atoms with Crippen LogP contribution in [0.15, 0.2) is 24.3 Å². The maximum Gasteiger partial charge on any atom is 0.0558 e. The van der Waals surface area contributed by atoms with Crippen LogP contribution in [0, 0.1) is 0 Å². The fourth-order valence-electron chi connectivity index (χ4n) is 2.26. The van der Waals surface area contributed by atoms with Crippen molar-refractivity contribution in [2.45, 2.75) is 25.4 Å². The minimum atomic E-state index is 0.251. The van der Waals surface area contributed by atoms with E-state index in [-0.39, 0.29) is 6.61 Å². The Bertz CT molecular complexity index is 361. The van der Waals surface area contributed by atoms with E-state index in [0.717, 1.165) is 13.1 Å². The van der Waals surface area contributed by atoms with Gasteiger partial charge >= 0.3 is 0 Å². The van der Waals surface area contributed by atoms with Crippen LogP contribution in [-0.4, -0.2) is 43.3 Å². The van der Waals surface area contributed by atoms with Gasteiger partial charge in [0.25, 0.3) is 0 Å². The molecule has 1 aliphatic rings. The molecule has 0 aromatic heterocycles. The summed E-state index contributed by atoms with van der Waals surface area (Å²) < 4.78 is 0. The van der Waals surface area contributed by atoms with E-state index in [1.807, 2.05) is 0 Å². The summed E-state index contributed by atoms with van der Waals surface area (Å²) in [6.45, 7) is 1.98. The van der Waals surface area contributed by atoms with Crippen LogP contribution < -0.4 is 4.90 Å². The van der Waals surface area contributed by atoms with Crippen LogP contribution in [0.4, 0.5) is 5.69 Å². The second kappa shape index (κ2) is 5.52. The zero-order chi connectivity index (χ0) is 12.3. The van der Waals surface area contributed by atoms with Crippen molar-refractivity contribution in [1.29, 1.82) is 0 Å². The largest absolute Gasteiger partial charge is 0.395 e. The molecule has 0 radical (unpaired) electrons. The van der Waals surface area contributed by atoms with Crippen LogP contribution in [0.5, 0.6) is 0 Å². The zero-order valence-electron chi connectivity index (χ0n) is 10.8. The van der Waals surface area contributed by atoms with E-state index in [2.05, 4.69) is 48.2 Å². The van der Waals surface area contributed by atoms with Gasteiger partial charge in [-0.15, -0.1) is 0 Å². The molecule has 0 amide bonds. The van der Waals surface area contributed by atoms with Crippen LogP contribution in [0.1, 0.15) is 18.4 Å². The monoisotopic (exact) mass is 234 g/mol. The minimum absolute atomic E-state index is 0.251. The first-order valence-electron chi connectivity index (χ1n) is 6.32. The predicted octanol–water partition coefficient (Wildman–Crippen LogP) is 1.71. The number of para-hydroxylation sites is 1. The summed E-state index contributed by atoms with van der Waals surface area (Å²) in [5, 5.41) is 9.12. The highest BCUT2D eigenvalue weighted by atomic mass is 16.3. The number of nitrogens with zero attached hydrogens (tertiary/aromatic N) is 2. The van der Waals surface area contributed by atoms with Crippen molar-refractivity contribution >= 4 is 5.69 Å². The topological polar surface area (TPSA) is 26.7 Å². The van der Waals surface area contributed by atoms with E-state index < -0.39 is 0 Å². The van der Waals surface area contributed by atoms with Crippen LogP contribution >= 0.6 is 0 Å². The maximum atomic E-state index is 9.12. The molecule has 1 aromatic rings. The molecule has 1 aromatic carbocycles. The van der Waals surface area contributed by atoms with Crippen LogP contribution in [0.25, 0.3) is 0 Å². The number of aliphatic hydroxyl groups excluding tert-OH is 1. The summed E-state index contributed by atoms with van der Waals surface area (Å²) in [5.41, 5.74) is 2.62. The van der Waals surface area contributed by atoms with Gasteiger partial charge in [0, 0.05) is 38.9 Å². The summed E-state index contributed by atoms with van der Waals surface area (Å²) >= 11 is 0. The molecule has 0 heterocycles. The minimum Gasteiger partial charge on any atom is -0.395 e. The second-order valence-corrected chi connectivity index (χ2v) is 4.95. The Morgan fingerprint density at radius 2 is 1.94 bits per heavy atom. The smallest absolute Gasteiger partial charge is 0.0558 e. The summed E-state index contributed by atoms with van der Waals surface area (Å²) in [5.74, 6) is 0. The van der Waals surface area contributed by atoms with Crippen molar-refractivity contribution in [3.8, 4) is 0 Å². The Morgan fingerprint density at radius 3 is 2.53 bits per heavy atom. The molecule has 3 nitrogen and oxygen atoms in total. The van der Waals surface area contributed by atoms with Gasteiger partial charge in [0.1, 0.15) is 0 Å². The fourth-order valence-corrected chi connectivity index (χ4v) is 2.26. The third-order valence-corrected chi connectivity index (χ3v) is 3.30. The highest BCUT2D eigenvalue weighted by Gasteiger charge is 2.28. The lowest BCUT2D eigenvalue weighted by Crippen LogP contribution is -2.29. The van der Waals surface area contributed by atoms with E-state index in [4.69, 9.17) is 5.11 Å². The molecule has 0 bridgehead atoms. The Balaban J connectivity index is 2.10. The molecule has 0 aliphatic heterocycles. The van der Waals surface area contributed by atoms with Gasteiger partial charge in [0.2, 0.25) is 0 Å². The first-order valence-corrected chi connectivity index (χ1v) is 6.32. The first-order chi connectivity index (χ1) is 8.22. The lowest BCUT2D eigenvalue weighted by atomic mass is 10.1. The van der Waals surface area contributed by atoms with Gasteiger partial charge in [-0.25, -0.2) is 0 Å². The molecular formula is C14H22N2O. The summed E-state index contributed by atoms with van der Waals surface area (Å²) in [4.78, 5) is 4.54. The van der Waals surface area contributed by atoms with Crippen molar-refractivity contribution < 1.29 is 5.11 Å². The fraction of sp³-hybridized carbons (Fsp3) is 0.571. The van der Waals surface area contributed by atoms with Gasteiger partial charge < -0.3 is 10.0 Å². The Hall–Kier alpha value is -1.06. The van der Waals surface area contributed by atoms with Gasteiger partial charge in [0.05, 0.1) is 6.61 Å². The molecular weight excluding hydrogens is 212 g/mol. The van der Waals surface area contributed by atoms with Gasteiger partial charge in [-0.05, 0) is 24.5 Å². The van der Waals surface area contributed by atoms with Gasteiger partial charge in [-0.3, -0.25) is 4.90 Å². The van der Waals surface area contributed by atoms with E-state index in [1.165, 1.54) is 24.1 Å². The van der Waals surface area contributed by atoms with Crippen molar-refractivity contribution in [2.24, 2.45) is 0 Å². The van der Waals surface area contributed by atoms with E-state index in [0.29, 0.717) is 6.04 Å². The summed E-state index contributed by atoms with van der Waals surface area (Å²) in [7, 11) is 4.15. The van der Waals surface area contributed by atoms with Crippen LogP contribution in [0.3, 0.4) is 0 Å². The molecule has 2 rings (SSSR count).